The van der Waals surface area contributed by atoms with Gasteiger partial charge in [0.2, 0.25) is 5.91 Å². The van der Waals surface area contributed by atoms with Crippen LogP contribution in [0.4, 0.5) is 8.78 Å². The Labute approximate surface area is 201 Å². The molecule has 2 aliphatic rings. The van der Waals surface area contributed by atoms with Crippen LogP contribution in [0.5, 0.6) is 5.75 Å². The van der Waals surface area contributed by atoms with Gasteiger partial charge in [0.05, 0.1) is 18.2 Å². The van der Waals surface area contributed by atoms with Crippen LogP contribution in [0.2, 0.25) is 5.02 Å². The zero-order chi connectivity index (χ0) is 24.6. The number of carbonyl (C=O) groups is 2. The minimum absolute atomic E-state index is 0.0199. The molecule has 0 bridgehead atoms. The molecule has 34 heavy (non-hydrogen) atoms. The summed E-state index contributed by atoms with van der Waals surface area (Å²) in [4.78, 5) is 26.3. The van der Waals surface area contributed by atoms with Gasteiger partial charge in [-0.25, -0.2) is 0 Å². The molecule has 7 nitrogen and oxygen atoms in total. The van der Waals surface area contributed by atoms with E-state index in [1.165, 1.54) is 13.2 Å². The highest BCUT2D eigenvalue weighted by Crippen LogP contribution is 2.36. The Morgan fingerprint density at radius 3 is 2.74 bits per heavy atom. The topological polar surface area (TPSA) is 90.9 Å². The van der Waals surface area contributed by atoms with Crippen molar-refractivity contribution >= 4 is 23.4 Å². The van der Waals surface area contributed by atoms with Crippen LogP contribution in [0.15, 0.2) is 36.4 Å². The molecule has 1 fully saturated rings. The highest BCUT2D eigenvalue weighted by atomic mass is 35.5. The second-order valence-electron chi connectivity index (χ2n) is 8.64. The zero-order valence-electron chi connectivity index (χ0n) is 18.8. The third kappa shape index (κ3) is 4.60. The lowest BCUT2D eigenvalue weighted by Gasteiger charge is -2.36. The molecule has 1 saturated heterocycles. The van der Waals surface area contributed by atoms with Gasteiger partial charge < -0.3 is 20.1 Å². The quantitative estimate of drug-likeness (QED) is 0.515. The normalized spacial score (nSPS) is 21.3. The van der Waals surface area contributed by atoms with Gasteiger partial charge in [-0.05, 0) is 48.7 Å². The van der Waals surface area contributed by atoms with Crippen molar-refractivity contribution in [3.8, 4) is 5.75 Å². The first-order chi connectivity index (χ1) is 16.1. The molecule has 4 rings (SSSR count). The lowest BCUT2D eigenvalue weighted by Crippen LogP contribution is -2.54. The first-order valence-electron chi connectivity index (χ1n) is 11.0. The molecule has 0 radical (unpaired) electrons. The number of aliphatic hydroxyl groups is 1. The number of carbonyl (C=O) groups excluding carboxylic acids is 2. The fourth-order valence-electron chi connectivity index (χ4n) is 4.53. The van der Waals surface area contributed by atoms with Crippen molar-refractivity contribution in [1.29, 1.82) is 0 Å². The molecule has 3 atom stereocenters. The van der Waals surface area contributed by atoms with Crippen molar-refractivity contribution in [2.24, 2.45) is 0 Å². The number of piperidine rings is 1. The van der Waals surface area contributed by atoms with Crippen molar-refractivity contribution in [3.63, 3.8) is 0 Å². The van der Waals surface area contributed by atoms with Gasteiger partial charge in [-0.2, -0.15) is 8.78 Å². The number of alkyl halides is 2. The minimum atomic E-state index is -3.60. The van der Waals surface area contributed by atoms with Crippen LogP contribution in [0.1, 0.15) is 46.8 Å². The van der Waals surface area contributed by atoms with E-state index in [4.69, 9.17) is 16.3 Å². The summed E-state index contributed by atoms with van der Waals surface area (Å²) in [5, 5.41) is 15.5. The molecule has 0 aliphatic carbocycles. The summed E-state index contributed by atoms with van der Waals surface area (Å²) >= 11 is 5.95. The van der Waals surface area contributed by atoms with Crippen LogP contribution in [0, 0.1) is 0 Å². The van der Waals surface area contributed by atoms with E-state index in [-0.39, 0.29) is 41.2 Å². The van der Waals surface area contributed by atoms with E-state index in [1.807, 2.05) is 6.92 Å². The highest BCUT2D eigenvalue weighted by molar-refractivity contribution is 6.32. The number of nitrogens with zero attached hydrogens (tertiary/aromatic N) is 1. The number of methoxy groups -OCH3 is 1. The number of hydrogen-bond donors (Lipinski definition) is 3. The van der Waals surface area contributed by atoms with Gasteiger partial charge in [-0.1, -0.05) is 23.7 Å². The van der Waals surface area contributed by atoms with Gasteiger partial charge in [0.1, 0.15) is 5.75 Å². The second kappa shape index (κ2) is 9.48. The third-order valence-corrected chi connectivity index (χ3v) is 6.71. The third-order valence-electron chi connectivity index (χ3n) is 6.41. The van der Waals surface area contributed by atoms with Crippen molar-refractivity contribution < 1.29 is 28.2 Å². The van der Waals surface area contributed by atoms with E-state index in [2.05, 4.69) is 10.6 Å². The monoisotopic (exact) mass is 493 g/mol. The molecule has 0 spiro atoms. The van der Waals surface area contributed by atoms with Crippen LogP contribution in [0.25, 0.3) is 0 Å². The molecule has 0 saturated carbocycles. The summed E-state index contributed by atoms with van der Waals surface area (Å²) in [6.07, 6.45) is -1.19. The predicted molar refractivity (Wildman–Crippen MR) is 122 cm³/mol. The minimum Gasteiger partial charge on any atom is -0.495 e. The van der Waals surface area contributed by atoms with Crippen molar-refractivity contribution in [3.05, 3.63) is 63.7 Å². The van der Waals surface area contributed by atoms with E-state index in [0.717, 1.165) is 17.7 Å². The van der Waals surface area contributed by atoms with Crippen molar-refractivity contribution in [2.45, 2.75) is 57.1 Å². The van der Waals surface area contributed by atoms with Crippen molar-refractivity contribution in [1.82, 2.24) is 15.5 Å². The summed E-state index contributed by atoms with van der Waals surface area (Å²) in [5.74, 6) is -3.46. The highest BCUT2D eigenvalue weighted by Gasteiger charge is 2.41. The Morgan fingerprint density at radius 2 is 2.06 bits per heavy atom. The Bertz CT molecular complexity index is 1110. The maximum atomic E-state index is 14.8. The fourth-order valence-corrected chi connectivity index (χ4v) is 4.78. The van der Waals surface area contributed by atoms with Crippen LogP contribution in [-0.2, 0) is 23.8 Å². The average Bonchev–Trinajstić information content (AvgIpc) is 3.12. The largest absolute Gasteiger partial charge is 0.495 e. The Hall–Kier alpha value is -2.75. The first-order valence-corrected chi connectivity index (χ1v) is 11.3. The Balaban J connectivity index is 1.42. The maximum absolute atomic E-state index is 14.8. The van der Waals surface area contributed by atoms with Gasteiger partial charge in [0.15, 0.2) is 6.23 Å². The zero-order valence-corrected chi connectivity index (χ0v) is 19.5. The smallest absolute Gasteiger partial charge is 0.311 e. The molecular formula is C24H26ClF2N3O4. The number of aliphatic hydroxyl groups excluding tert-OH is 1. The number of rotatable bonds is 7. The molecule has 3 unspecified atom stereocenters. The van der Waals surface area contributed by atoms with E-state index in [0.29, 0.717) is 30.5 Å². The number of benzene rings is 2. The molecule has 2 aliphatic heterocycles. The van der Waals surface area contributed by atoms with Crippen LogP contribution >= 0.6 is 11.6 Å². The van der Waals surface area contributed by atoms with E-state index in [9.17, 15) is 23.5 Å². The van der Waals surface area contributed by atoms with Gasteiger partial charge in [0, 0.05) is 36.7 Å². The fraction of sp³-hybridized carbons (Fsp3) is 0.417. The molecule has 2 amide bonds. The molecule has 10 heteroatoms. The molecule has 2 aromatic rings. The molecule has 2 heterocycles. The Kier molecular flexibility index (Phi) is 6.80. The second-order valence-corrected chi connectivity index (χ2v) is 9.05. The lowest BCUT2D eigenvalue weighted by molar-refractivity contribution is -0.129. The SMILES string of the molecule is COc1ccc(C(F)(F)C(O)NCc2ccc3c(c2)CN(C2CCC(=O)NC2C)C3=O)cc1Cl. The predicted octanol–water partition coefficient (Wildman–Crippen LogP) is 3.17. The number of halogens is 3. The van der Waals surface area contributed by atoms with Crippen LogP contribution < -0.4 is 15.4 Å². The molecule has 182 valence electrons. The van der Waals surface area contributed by atoms with Crippen LogP contribution in [0.3, 0.4) is 0 Å². The summed E-state index contributed by atoms with van der Waals surface area (Å²) in [7, 11) is 1.38. The summed E-state index contributed by atoms with van der Waals surface area (Å²) in [6.45, 7) is 2.23. The average molecular weight is 494 g/mol. The summed E-state index contributed by atoms with van der Waals surface area (Å²) in [6, 6.07) is 8.42. The first kappa shape index (κ1) is 24.4. The number of fused-ring (bicyclic) bond motifs is 1. The van der Waals surface area contributed by atoms with E-state index in [1.54, 1.807) is 23.1 Å². The van der Waals surface area contributed by atoms with Crippen molar-refractivity contribution in [2.75, 3.05) is 7.11 Å². The lowest BCUT2D eigenvalue weighted by atomic mass is 9.98. The van der Waals surface area contributed by atoms with Crippen LogP contribution in [-0.4, -0.2) is 47.2 Å². The summed E-state index contributed by atoms with van der Waals surface area (Å²) < 4.78 is 34.5. The number of amides is 2. The molecule has 0 aromatic heterocycles. The molecule has 3 N–H and O–H groups in total. The standard InChI is InChI=1S/C24H26ClF2N3O4/c1-13-19(6-8-21(31)29-13)30-12-15-9-14(3-5-17(15)22(30)32)11-28-23(33)24(26,27)16-4-7-20(34-2)18(25)10-16/h3-5,7,9-10,13,19,23,28,33H,6,8,11-12H2,1-2H3,(H,29,31). The van der Waals surface area contributed by atoms with Gasteiger partial charge in [0.25, 0.3) is 5.91 Å². The van der Waals surface area contributed by atoms with Gasteiger partial charge >= 0.3 is 5.92 Å². The van der Waals surface area contributed by atoms with E-state index < -0.39 is 17.7 Å². The summed E-state index contributed by atoms with van der Waals surface area (Å²) in [5.41, 5.74) is 1.56. The number of nitrogens with one attached hydrogen (secondary N) is 2. The van der Waals surface area contributed by atoms with E-state index >= 15 is 0 Å². The number of ether oxygens (including phenoxy) is 1. The molecular weight excluding hydrogens is 468 g/mol. The van der Waals surface area contributed by atoms with Gasteiger partial charge in [-0.15, -0.1) is 0 Å². The Morgan fingerprint density at radius 1 is 1.29 bits per heavy atom. The maximum Gasteiger partial charge on any atom is 0.311 e. The number of hydrogen-bond acceptors (Lipinski definition) is 5. The van der Waals surface area contributed by atoms with Gasteiger partial charge in [-0.3, -0.25) is 14.9 Å². The molecule has 2 aromatic carbocycles.